The Morgan fingerprint density at radius 1 is 1.15 bits per heavy atom. The lowest BCUT2D eigenvalue weighted by atomic mass is 9.92. The second-order valence-electron chi connectivity index (χ2n) is 6.55. The Balaban J connectivity index is 1.36. The number of hydrogen-bond acceptors (Lipinski definition) is 2. The summed E-state index contributed by atoms with van der Waals surface area (Å²) in [4.78, 5) is 15.2. The summed E-state index contributed by atoms with van der Waals surface area (Å²) in [5.74, 6) is 0. The van der Waals surface area contributed by atoms with Crippen molar-refractivity contribution in [3.8, 4) is 0 Å². The molecule has 3 aromatic rings. The molecule has 1 aliphatic rings. The molecule has 1 aliphatic carbocycles. The molecule has 0 bridgehead atoms. The number of carbonyl (C=O) groups excluding carboxylic acids is 1. The molecule has 4 nitrogen and oxygen atoms in total. The summed E-state index contributed by atoms with van der Waals surface area (Å²) in [5.41, 5.74) is 6.08. The summed E-state index contributed by atoms with van der Waals surface area (Å²) < 4.78 is 5.26. The smallest absolute Gasteiger partial charge is 0.407 e. The van der Waals surface area contributed by atoms with Crippen LogP contribution in [-0.4, -0.2) is 17.6 Å². The monoisotopic (exact) mass is 346 g/mol. The Bertz CT molecular complexity index is 941. The summed E-state index contributed by atoms with van der Waals surface area (Å²) in [7, 11) is 0. The summed E-state index contributed by atoms with van der Waals surface area (Å²) in [6.45, 7) is 0.839. The molecule has 2 aromatic carbocycles. The first-order valence-electron chi connectivity index (χ1n) is 9.04. The van der Waals surface area contributed by atoms with Crippen LogP contribution in [-0.2, 0) is 24.2 Å². The molecule has 4 heteroatoms. The highest BCUT2D eigenvalue weighted by Gasteiger charge is 2.13. The quantitative estimate of drug-likeness (QED) is 0.709. The Morgan fingerprint density at radius 3 is 2.92 bits per heavy atom. The number of ether oxygens (including phenoxy) is 1. The number of rotatable bonds is 5. The van der Waals surface area contributed by atoms with E-state index in [9.17, 15) is 4.79 Å². The minimum absolute atomic E-state index is 0.290. The van der Waals surface area contributed by atoms with E-state index in [0.717, 1.165) is 30.3 Å². The average Bonchev–Trinajstić information content (AvgIpc) is 3.11. The SMILES string of the molecule is O=C(NCCc1c[nH]c2ccc3c(c12)C=CCC3)OCc1ccccc1. The molecule has 1 aromatic heterocycles. The fraction of sp³-hybridized carbons (Fsp3) is 0.227. The first kappa shape index (κ1) is 16.5. The maximum atomic E-state index is 11.9. The van der Waals surface area contributed by atoms with Crippen LogP contribution in [0, 0.1) is 0 Å². The third kappa shape index (κ3) is 3.49. The molecule has 0 radical (unpaired) electrons. The number of fused-ring (bicyclic) bond motifs is 3. The van der Waals surface area contributed by atoms with Crippen molar-refractivity contribution in [3.05, 3.63) is 77.0 Å². The molecule has 0 saturated carbocycles. The lowest BCUT2D eigenvalue weighted by Crippen LogP contribution is -2.26. The lowest BCUT2D eigenvalue weighted by molar-refractivity contribution is 0.140. The van der Waals surface area contributed by atoms with Gasteiger partial charge < -0.3 is 15.0 Å². The minimum Gasteiger partial charge on any atom is -0.445 e. The van der Waals surface area contributed by atoms with Crippen molar-refractivity contribution < 1.29 is 9.53 Å². The van der Waals surface area contributed by atoms with Crippen molar-refractivity contribution in [2.75, 3.05) is 6.54 Å². The van der Waals surface area contributed by atoms with Crippen LogP contribution >= 0.6 is 0 Å². The number of hydrogen-bond donors (Lipinski definition) is 2. The number of carbonyl (C=O) groups is 1. The van der Waals surface area contributed by atoms with Gasteiger partial charge in [-0.25, -0.2) is 4.79 Å². The van der Waals surface area contributed by atoms with E-state index in [2.05, 4.69) is 34.6 Å². The fourth-order valence-electron chi connectivity index (χ4n) is 3.48. The highest BCUT2D eigenvalue weighted by molar-refractivity contribution is 5.93. The second kappa shape index (κ2) is 7.48. The zero-order chi connectivity index (χ0) is 17.8. The topological polar surface area (TPSA) is 54.1 Å². The Labute approximate surface area is 152 Å². The molecule has 0 atom stereocenters. The molecule has 1 amide bonds. The van der Waals surface area contributed by atoms with E-state index in [1.807, 2.05) is 36.5 Å². The molecule has 0 saturated heterocycles. The first-order chi connectivity index (χ1) is 12.8. The molecule has 2 N–H and O–H groups in total. The molecular weight excluding hydrogens is 324 g/mol. The third-order valence-electron chi connectivity index (χ3n) is 4.80. The second-order valence-corrected chi connectivity index (χ2v) is 6.55. The van der Waals surface area contributed by atoms with Crippen LogP contribution in [0.4, 0.5) is 4.79 Å². The highest BCUT2D eigenvalue weighted by Crippen LogP contribution is 2.30. The van der Waals surface area contributed by atoms with Gasteiger partial charge in [0.25, 0.3) is 0 Å². The summed E-state index contributed by atoms with van der Waals surface area (Å²) in [5, 5.41) is 4.12. The fourth-order valence-corrected chi connectivity index (χ4v) is 3.48. The average molecular weight is 346 g/mol. The molecule has 132 valence electrons. The van der Waals surface area contributed by atoms with Crippen LogP contribution in [0.15, 0.2) is 54.7 Å². The normalized spacial score (nSPS) is 12.8. The van der Waals surface area contributed by atoms with Crippen molar-refractivity contribution in [1.82, 2.24) is 10.3 Å². The van der Waals surface area contributed by atoms with Gasteiger partial charge in [0.1, 0.15) is 6.61 Å². The largest absolute Gasteiger partial charge is 0.445 e. The number of benzene rings is 2. The van der Waals surface area contributed by atoms with Gasteiger partial charge in [0.15, 0.2) is 0 Å². The minimum atomic E-state index is -0.379. The van der Waals surface area contributed by atoms with Crippen LogP contribution in [0.5, 0.6) is 0 Å². The number of aryl methyl sites for hydroxylation is 1. The van der Waals surface area contributed by atoms with E-state index in [0.29, 0.717) is 6.54 Å². The number of allylic oxidation sites excluding steroid dienone is 1. The van der Waals surface area contributed by atoms with Crippen LogP contribution in [0.2, 0.25) is 0 Å². The highest BCUT2D eigenvalue weighted by atomic mass is 16.5. The summed E-state index contributed by atoms with van der Waals surface area (Å²) in [6.07, 6.45) is 9.09. The zero-order valence-corrected chi connectivity index (χ0v) is 14.6. The number of nitrogens with one attached hydrogen (secondary N) is 2. The van der Waals surface area contributed by atoms with Gasteiger partial charge in [-0.2, -0.15) is 0 Å². The maximum absolute atomic E-state index is 11.9. The van der Waals surface area contributed by atoms with Crippen LogP contribution < -0.4 is 5.32 Å². The molecule has 0 spiro atoms. The van der Waals surface area contributed by atoms with Gasteiger partial charge in [-0.05, 0) is 47.6 Å². The molecule has 0 aliphatic heterocycles. The maximum Gasteiger partial charge on any atom is 0.407 e. The predicted molar refractivity (Wildman–Crippen MR) is 104 cm³/mol. The number of amides is 1. The number of alkyl carbamates (subject to hydrolysis) is 1. The van der Waals surface area contributed by atoms with Gasteiger partial charge >= 0.3 is 6.09 Å². The molecule has 0 unspecified atom stereocenters. The van der Waals surface area contributed by atoms with Gasteiger partial charge in [0.05, 0.1) is 0 Å². The first-order valence-corrected chi connectivity index (χ1v) is 9.04. The molecule has 1 heterocycles. The van der Waals surface area contributed by atoms with Crippen molar-refractivity contribution in [2.24, 2.45) is 0 Å². The van der Waals surface area contributed by atoms with Gasteiger partial charge in [0.2, 0.25) is 0 Å². The van der Waals surface area contributed by atoms with Crippen molar-refractivity contribution >= 4 is 23.1 Å². The van der Waals surface area contributed by atoms with Crippen LogP contribution in [0.25, 0.3) is 17.0 Å². The van der Waals surface area contributed by atoms with Crippen molar-refractivity contribution in [2.45, 2.75) is 25.9 Å². The summed E-state index contributed by atoms with van der Waals surface area (Å²) in [6, 6.07) is 14.1. The van der Waals surface area contributed by atoms with E-state index in [-0.39, 0.29) is 12.7 Å². The van der Waals surface area contributed by atoms with Gasteiger partial charge in [-0.15, -0.1) is 0 Å². The number of H-pyrrole nitrogens is 1. The Hall–Kier alpha value is -3.01. The molecule has 0 fully saturated rings. The number of aromatic amines is 1. The van der Waals surface area contributed by atoms with Crippen molar-refractivity contribution in [3.63, 3.8) is 0 Å². The number of aromatic nitrogens is 1. The lowest BCUT2D eigenvalue weighted by Gasteiger charge is -2.13. The predicted octanol–water partition coefficient (Wildman–Crippen LogP) is 4.60. The third-order valence-corrected chi connectivity index (χ3v) is 4.80. The molecule has 26 heavy (non-hydrogen) atoms. The van der Waals surface area contributed by atoms with E-state index in [1.165, 1.54) is 22.1 Å². The summed E-state index contributed by atoms with van der Waals surface area (Å²) >= 11 is 0. The van der Waals surface area contributed by atoms with E-state index in [4.69, 9.17) is 4.74 Å². The van der Waals surface area contributed by atoms with Gasteiger partial charge in [0, 0.05) is 23.6 Å². The van der Waals surface area contributed by atoms with E-state index >= 15 is 0 Å². The van der Waals surface area contributed by atoms with Crippen molar-refractivity contribution in [1.29, 1.82) is 0 Å². The Kier molecular flexibility index (Phi) is 4.73. The van der Waals surface area contributed by atoms with Gasteiger partial charge in [-0.3, -0.25) is 0 Å². The van der Waals surface area contributed by atoms with E-state index in [1.54, 1.807) is 0 Å². The zero-order valence-electron chi connectivity index (χ0n) is 14.6. The molecular formula is C22H22N2O2. The van der Waals surface area contributed by atoms with Crippen LogP contribution in [0.1, 0.15) is 28.7 Å². The molecule has 4 rings (SSSR count). The van der Waals surface area contributed by atoms with Gasteiger partial charge in [-0.1, -0.05) is 48.6 Å². The van der Waals surface area contributed by atoms with Crippen LogP contribution in [0.3, 0.4) is 0 Å². The van der Waals surface area contributed by atoms with E-state index < -0.39 is 0 Å². The standard InChI is InChI=1S/C22H22N2O2/c25-22(26-15-16-6-2-1-3-7-16)23-13-12-18-14-24-20-11-10-17-8-4-5-9-19(17)21(18)20/h1-3,5-7,9-11,14,24H,4,8,12-13,15H2,(H,23,25). The Morgan fingerprint density at radius 2 is 2.04 bits per heavy atom.